The number of hydrogen-bond acceptors (Lipinski definition) is 8. The van der Waals surface area contributed by atoms with Crippen molar-refractivity contribution in [2.24, 2.45) is 0 Å². The van der Waals surface area contributed by atoms with E-state index in [0.717, 1.165) is 4.70 Å². The molecule has 1 atom stereocenters. The van der Waals surface area contributed by atoms with E-state index in [9.17, 15) is 14.7 Å². The van der Waals surface area contributed by atoms with Gasteiger partial charge in [0.05, 0.1) is 45.2 Å². The molecule has 3 heterocycles. The van der Waals surface area contributed by atoms with Gasteiger partial charge in [0.15, 0.2) is 10.9 Å². The summed E-state index contributed by atoms with van der Waals surface area (Å²) in [5, 5.41) is 11.9. The van der Waals surface area contributed by atoms with Crippen molar-refractivity contribution >= 4 is 67.3 Å². The van der Waals surface area contributed by atoms with Gasteiger partial charge in [-0.1, -0.05) is 40.6 Å². The van der Waals surface area contributed by atoms with Crippen molar-refractivity contribution in [1.82, 2.24) is 9.97 Å². The van der Waals surface area contributed by atoms with Crippen molar-refractivity contribution in [3.63, 3.8) is 0 Å². The van der Waals surface area contributed by atoms with E-state index in [2.05, 4.69) is 9.97 Å². The van der Waals surface area contributed by atoms with Gasteiger partial charge in [-0.15, -0.1) is 0 Å². The normalized spacial score (nSPS) is 17.0. The van der Waals surface area contributed by atoms with Gasteiger partial charge in [-0.05, 0) is 49.4 Å². The minimum atomic E-state index is -1.03. The maximum atomic E-state index is 13.4. The summed E-state index contributed by atoms with van der Waals surface area (Å²) in [4.78, 5) is 37.0. The SMILES string of the molecule is CCOc1ccc2nc(N3C(=O)C(=O)/C(=C(/O)c4cc(Cl)c(OC)c(Cl)c4)C3c3ccccn3)sc2c1. The van der Waals surface area contributed by atoms with Crippen molar-refractivity contribution < 1.29 is 24.2 Å². The molecule has 188 valence electrons. The number of aromatic nitrogens is 2. The van der Waals surface area contributed by atoms with Gasteiger partial charge in [-0.25, -0.2) is 4.98 Å². The van der Waals surface area contributed by atoms with Crippen molar-refractivity contribution in [2.75, 3.05) is 18.6 Å². The Bertz CT molecular complexity index is 1550. The van der Waals surface area contributed by atoms with Gasteiger partial charge < -0.3 is 14.6 Å². The predicted molar refractivity (Wildman–Crippen MR) is 143 cm³/mol. The Hall–Kier alpha value is -3.66. The summed E-state index contributed by atoms with van der Waals surface area (Å²) >= 11 is 13.8. The standard InChI is InChI=1S/C26H19Cl2N3O5S/c1-3-36-14-7-8-17-19(12-14)37-26(30-17)31-21(18-6-4-5-9-29-18)20(23(33)25(31)34)22(32)13-10-15(27)24(35-2)16(28)11-13/h4-12,21,32H,3H2,1-2H3/b22-20+. The van der Waals surface area contributed by atoms with Gasteiger partial charge in [0.25, 0.3) is 5.78 Å². The molecule has 4 aromatic rings. The fourth-order valence-corrected chi connectivity index (χ4v) is 5.81. The summed E-state index contributed by atoms with van der Waals surface area (Å²) in [6, 6.07) is 12.3. The number of hydrogen-bond donors (Lipinski definition) is 1. The predicted octanol–water partition coefficient (Wildman–Crippen LogP) is 6.03. The van der Waals surface area contributed by atoms with Gasteiger partial charge in [0.2, 0.25) is 0 Å². The molecule has 1 fully saturated rings. The molecule has 5 rings (SSSR count). The van der Waals surface area contributed by atoms with Gasteiger partial charge in [-0.2, -0.15) is 0 Å². The highest BCUT2D eigenvalue weighted by atomic mass is 35.5. The van der Waals surface area contributed by atoms with Crippen LogP contribution in [0, 0.1) is 0 Å². The molecule has 0 spiro atoms. The number of methoxy groups -OCH3 is 1. The van der Waals surface area contributed by atoms with Crippen LogP contribution in [-0.2, 0) is 9.59 Å². The third-order valence-corrected chi connectivity index (χ3v) is 7.33. The Morgan fingerprint density at radius 2 is 1.89 bits per heavy atom. The van der Waals surface area contributed by atoms with Crippen LogP contribution in [-0.4, -0.2) is 40.5 Å². The molecule has 37 heavy (non-hydrogen) atoms. The molecule has 8 nitrogen and oxygen atoms in total. The highest BCUT2D eigenvalue weighted by molar-refractivity contribution is 7.22. The van der Waals surface area contributed by atoms with Crippen molar-refractivity contribution in [3.8, 4) is 11.5 Å². The first kappa shape index (κ1) is 25.0. The van der Waals surface area contributed by atoms with Crippen LogP contribution in [0.4, 0.5) is 5.13 Å². The van der Waals surface area contributed by atoms with Crippen LogP contribution in [0.15, 0.2) is 60.3 Å². The molecular weight excluding hydrogens is 537 g/mol. The second-order valence-corrected chi connectivity index (χ2v) is 9.78. The van der Waals surface area contributed by atoms with E-state index < -0.39 is 23.5 Å². The minimum Gasteiger partial charge on any atom is -0.507 e. The fraction of sp³-hybridized carbons (Fsp3) is 0.154. The lowest BCUT2D eigenvalue weighted by Gasteiger charge is -2.22. The molecule has 0 aliphatic carbocycles. The van der Waals surface area contributed by atoms with Crippen LogP contribution in [0.5, 0.6) is 11.5 Å². The number of ether oxygens (including phenoxy) is 2. The third kappa shape index (κ3) is 4.39. The molecule has 1 amide bonds. The van der Waals surface area contributed by atoms with Gasteiger partial charge in [-0.3, -0.25) is 19.5 Å². The van der Waals surface area contributed by atoms with E-state index >= 15 is 0 Å². The van der Waals surface area contributed by atoms with Gasteiger partial charge in [0, 0.05) is 11.8 Å². The topological polar surface area (TPSA) is 102 Å². The number of aliphatic hydroxyl groups excluding tert-OH is 1. The zero-order valence-electron chi connectivity index (χ0n) is 19.6. The minimum absolute atomic E-state index is 0.136. The average Bonchev–Trinajstić information content (AvgIpc) is 3.42. The lowest BCUT2D eigenvalue weighted by molar-refractivity contribution is -0.132. The largest absolute Gasteiger partial charge is 0.507 e. The van der Waals surface area contributed by atoms with Crippen LogP contribution in [0.1, 0.15) is 24.2 Å². The van der Waals surface area contributed by atoms with Crippen molar-refractivity contribution in [1.29, 1.82) is 0 Å². The second kappa shape index (κ2) is 10.0. The first-order valence-electron chi connectivity index (χ1n) is 11.1. The molecule has 11 heteroatoms. The number of fused-ring (bicyclic) bond motifs is 1. The van der Waals surface area contributed by atoms with Crippen LogP contribution >= 0.6 is 34.5 Å². The molecule has 1 saturated heterocycles. The van der Waals surface area contributed by atoms with Crippen LogP contribution in [0.3, 0.4) is 0 Å². The third-order valence-electron chi connectivity index (χ3n) is 5.75. The molecule has 1 unspecified atom stereocenters. The van der Waals surface area contributed by atoms with Crippen molar-refractivity contribution in [2.45, 2.75) is 13.0 Å². The Morgan fingerprint density at radius 3 is 2.54 bits per heavy atom. The summed E-state index contributed by atoms with van der Waals surface area (Å²) in [6.45, 7) is 2.39. The number of carbonyl (C=O) groups is 2. The van der Waals surface area contributed by atoms with Gasteiger partial charge in [0.1, 0.15) is 17.6 Å². The number of Topliss-reactive ketones (excluding diaryl/α,β-unsaturated/α-hetero) is 1. The molecule has 1 aliphatic rings. The number of benzene rings is 2. The average molecular weight is 556 g/mol. The molecule has 1 aliphatic heterocycles. The first-order chi connectivity index (χ1) is 17.8. The zero-order valence-corrected chi connectivity index (χ0v) is 21.9. The highest BCUT2D eigenvalue weighted by Gasteiger charge is 2.49. The van der Waals surface area contributed by atoms with E-state index in [0.29, 0.717) is 23.6 Å². The van der Waals surface area contributed by atoms with E-state index in [4.69, 9.17) is 32.7 Å². The number of rotatable bonds is 6. The van der Waals surface area contributed by atoms with Gasteiger partial charge >= 0.3 is 5.91 Å². The summed E-state index contributed by atoms with van der Waals surface area (Å²) in [7, 11) is 1.41. The molecule has 2 aromatic heterocycles. The summed E-state index contributed by atoms with van der Waals surface area (Å²) in [5.41, 5.74) is 1.01. The number of aliphatic hydroxyl groups is 1. The molecule has 1 N–H and O–H groups in total. The van der Waals surface area contributed by atoms with E-state index in [1.54, 1.807) is 36.5 Å². The van der Waals surface area contributed by atoms with Crippen molar-refractivity contribution in [3.05, 3.63) is 81.6 Å². The molecule has 2 aromatic carbocycles. The monoisotopic (exact) mass is 555 g/mol. The molecule has 0 saturated carbocycles. The number of ketones is 1. The molecular formula is C26H19Cl2N3O5S. The number of halogens is 2. The summed E-state index contributed by atoms with van der Waals surface area (Å²) < 4.78 is 11.5. The second-order valence-electron chi connectivity index (χ2n) is 7.96. The Labute approximate surface area is 225 Å². The number of nitrogens with zero attached hydrogens (tertiary/aromatic N) is 3. The summed E-state index contributed by atoms with van der Waals surface area (Å²) in [5.74, 6) is -1.27. The number of carbonyl (C=O) groups excluding carboxylic acids is 2. The lowest BCUT2D eigenvalue weighted by atomic mass is 9.98. The smallest absolute Gasteiger partial charge is 0.301 e. The number of pyridine rings is 1. The number of anilines is 1. The van der Waals surface area contributed by atoms with Crippen LogP contribution in [0.2, 0.25) is 10.0 Å². The molecule has 0 radical (unpaired) electrons. The van der Waals surface area contributed by atoms with E-state index in [1.165, 1.54) is 35.5 Å². The Kier molecular flexibility index (Phi) is 6.76. The van der Waals surface area contributed by atoms with E-state index in [1.807, 2.05) is 13.0 Å². The quantitative estimate of drug-likeness (QED) is 0.176. The highest BCUT2D eigenvalue weighted by Crippen LogP contribution is 2.45. The zero-order chi connectivity index (χ0) is 26.3. The Balaban J connectivity index is 1.69. The number of thiazole rings is 1. The Morgan fingerprint density at radius 1 is 1.14 bits per heavy atom. The maximum Gasteiger partial charge on any atom is 0.301 e. The number of amides is 1. The lowest BCUT2D eigenvalue weighted by Crippen LogP contribution is -2.29. The fourth-order valence-electron chi connectivity index (χ4n) is 4.15. The molecule has 0 bridgehead atoms. The van der Waals surface area contributed by atoms with Crippen LogP contribution in [0.25, 0.3) is 16.0 Å². The van der Waals surface area contributed by atoms with E-state index in [-0.39, 0.29) is 32.1 Å². The maximum absolute atomic E-state index is 13.4. The summed E-state index contributed by atoms with van der Waals surface area (Å²) in [6.07, 6.45) is 1.54. The first-order valence-corrected chi connectivity index (χ1v) is 12.7. The van der Waals surface area contributed by atoms with Crippen LogP contribution < -0.4 is 14.4 Å².